The molecule has 2 rings (SSSR count). The highest BCUT2D eigenvalue weighted by Gasteiger charge is 2.48. The molecule has 1 aromatic rings. The van der Waals surface area contributed by atoms with E-state index >= 15 is 0 Å². The summed E-state index contributed by atoms with van der Waals surface area (Å²) in [6.07, 6.45) is 1.46. The van der Waals surface area contributed by atoms with E-state index in [1.807, 2.05) is 13.8 Å². The van der Waals surface area contributed by atoms with Crippen molar-refractivity contribution >= 4 is 5.97 Å². The standard InChI is InChI=1S/C17H22O4/c1-6-7-17(16(18)19-5)10-20-15(21-17)14-12(3)8-11(2)9-13(14)4/h6,8-9,15H,1,7,10H2,2-5H3/t15-,17+/m1/s1. The summed E-state index contributed by atoms with van der Waals surface area (Å²) in [6, 6.07) is 4.17. The minimum absolute atomic E-state index is 0.170. The van der Waals surface area contributed by atoms with E-state index in [2.05, 4.69) is 25.6 Å². The van der Waals surface area contributed by atoms with Crippen LogP contribution in [0.1, 0.15) is 35.0 Å². The molecule has 1 fully saturated rings. The molecule has 0 saturated carbocycles. The second kappa shape index (κ2) is 6.00. The van der Waals surface area contributed by atoms with Crippen LogP contribution in [-0.4, -0.2) is 25.3 Å². The lowest BCUT2D eigenvalue weighted by Crippen LogP contribution is -2.41. The lowest BCUT2D eigenvalue weighted by atomic mass is 9.99. The Balaban J connectivity index is 2.33. The summed E-state index contributed by atoms with van der Waals surface area (Å²) in [5, 5.41) is 0. The van der Waals surface area contributed by atoms with Crippen LogP contribution in [-0.2, 0) is 19.0 Å². The Morgan fingerprint density at radius 1 is 1.43 bits per heavy atom. The van der Waals surface area contributed by atoms with Crippen LogP contribution in [0.4, 0.5) is 0 Å². The van der Waals surface area contributed by atoms with E-state index in [0.717, 1.165) is 16.7 Å². The van der Waals surface area contributed by atoms with Gasteiger partial charge in [-0.25, -0.2) is 4.79 Å². The molecule has 0 N–H and O–H groups in total. The fourth-order valence-corrected chi connectivity index (χ4v) is 2.91. The molecule has 0 spiro atoms. The van der Waals surface area contributed by atoms with Crippen molar-refractivity contribution in [2.24, 2.45) is 0 Å². The van der Waals surface area contributed by atoms with E-state index in [1.165, 1.54) is 12.7 Å². The van der Waals surface area contributed by atoms with Crippen LogP contribution >= 0.6 is 0 Å². The van der Waals surface area contributed by atoms with Gasteiger partial charge >= 0.3 is 5.97 Å². The predicted octanol–water partition coefficient (Wildman–Crippen LogP) is 3.15. The third kappa shape index (κ3) is 2.87. The molecule has 1 saturated heterocycles. The van der Waals surface area contributed by atoms with Crippen molar-refractivity contribution in [3.8, 4) is 0 Å². The van der Waals surface area contributed by atoms with Crippen LogP contribution in [0.15, 0.2) is 24.8 Å². The van der Waals surface area contributed by atoms with Gasteiger partial charge in [0.15, 0.2) is 11.9 Å². The van der Waals surface area contributed by atoms with Gasteiger partial charge < -0.3 is 14.2 Å². The zero-order valence-corrected chi connectivity index (χ0v) is 13.1. The molecule has 1 aromatic carbocycles. The molecule has 2 atom stereocenters. The van der Waals surface area contributed by atoms with Gasteiger partial charge in [0.25, 0.3) is 0 Å². The topological polar surface area (TPSA) is 44.8 Å². The van der Waals surface area contributed by atoms with Gasteiger partial charge in [-0.3, -0.25) is 0 Å². The molecule has 21 heavy (non-hydrogen) atoms. The highest BCUT2D eigenvalue weighted by molar-refractivity contribution is 5.80. The van der Waals surface area contributed by atoms with Gasteiger partial charge in [-0.1, -0.05) is 23.8 Å². The lowest BCUT2D eigenvalue weighted by Gasteiger charge is -2.24. The summed E-state index contributed by atoms with van der Waals surface area (Å²) >= 11 is 0. The summed E-state index contributed by atoms with van der Waals surface area (Å²) in [5.41, 5.74) is 3.27. The Kier molecular flexibility index (Phi) is 4.49. The average molecular weight is 290 g/mol. The summed E-state index contributed by atoms with van der Waals surface area (Å²) in [6.45, 7) is 9.95. The molecule has 4 nitrogen and oxygen atoms in total. The van der Waals surface area contributed by atoms with Crippen LogP contribution in [0.25, 0.3) is 0 Å². The lowest BCUT2D eigenvalue weighted by molar-refractivity contribution is -0.169. The summed E-state index contributed by atoms with van der Waals surface area (Å²) < 4.78 is 16.6. The zero-order chi connectivity index (χ0) is 15.6. The number of hydrogen-bond donors (Lipinski definition) is 0. The molecule has 114 valence electrons. The van der Waals surface area contributed by atoms with Gasteiger partial charge in [0.05, 0.1) is 13.7 Å². The van der Waals surface area contributed by atoms with Gasteiger partial charge in [0, 0.05) is 12.0 Å². The normalized spacial score (nSPS) is 24.9. The molecule has 0 aromatic heterocycles. The third-order valence-electron chi connectivity index (χ3n) is 3.81. The van der Waals surface area contributed by atoms with E-state index < -0.39 is 17.9 Å². The molecular weight excluding hydrogens is 268 g/mol. The maximum absolute atomic E-state index is 12.1. The van der Waals surface area contributed by atoms with Crippen LogP contribution in [0.3, 0.4) is 0 Å². The SMILES string of the molecule is C=CC[C@@]1(C(=O)OC)CO[C@@H](c2c(C)cc(C)cc2C)O1. The van der Waals surface area contributed by atoms with Crippen molar-refractivity contribution in [1.82, 2.24) is 0 Å². The Bertz CT molecular complexity index is 541. The molecule has 0 unspecified atom stereocenters. The first-order valence-electron chi connectivity index (χ1n) is 7.00. The number of benzene rings is 1. The van der Waals surface area contributed by atoms with Crippen molar-refractivity contribution in [3.63, 3.8) is 0 Å². The third-order valence-corrected chi connectivity index (χ3v) is 3.81. The molecule has 0 aliphatic carbocycles. The van der Waals surface area contributed by atoms with Crippen molar-refractivity contribution < 1.29 is 19.0 Å². The number of ether oxygens (including phenoxy) is 3. The first kappa shape index (κ1) is 15.7. The predicted molar refractivity (Wildman–Crippen MR) is 80.0 cm³/mol. The fraction of sp³-hybridized carbons (Fsp3) is 0.471. The number of rotatable bonds is 4. The second-order valence-electron chi connectivity index (χ2n) is 5.55. The zero-order valence-electron chi connectivity index (χ0n) is 13.1. The van der Waals surface area contributed by atoms with Crippen molar-refractivity contribution in [2.45, 2.75) is 39.1 Å². The fourth-order valence-electron chi connectivity index (χ4n) is 2.91. The van der Waals surface area contributed by atoms with Crippen LogP contribution in [0, 0.1) is 20.8 Å². The first-order chi connectivity index (χ1) is 9.93. The number of methoxy groups -OCH3 is 1. The van der Waals surface area contributed by atoms with Crippen molar-refractivity contribution in [3.05, 3.63) is 47.0 Å². The van der Waals surface area contributed by atoms with Crippen molar-refractivity contribution in [1.29, 1.82) is 0 Å². The quantitative estimate of drug-likeness (QED) is 0.631. The van der Waals surface area contributed by atoms with E-state index in [0.29, 0.717) is 6.42 Å². The number of hydrogen-bond acceptors (Lipinski definition) is 4. The largest absolute Gasteiger partial charge is 0.467 e. The molecule has 1 aliphatic heterocycles. The van der Waals surface area contributed by atoms with E-state index in [4.69, 9.17) is 14.2 Å². The highest BCUT2D eigenvalue weighted by Crippen LogP contribution is 2.39. The second-order valence-corrected chi connectivity index (χ2v) is 5.55. The number of aryl methyl sites for hydroxylation is 3. The Morgan fingerprint density at radius 2 is 2.05 bits per heavy atom. The highest BCUT2D eigenvalue weighted by atomic mass is 16.7. The summed E-state index contributed by atoms with van der Waals surface area (Å²) in [5.74, 6) is -0.424. The van der Waals surface area contributed by atoms with E-state index in [1.54, 1.807) is 6.08 Å². The maximum Gasteiger partial charge on any atom is 0.341 e. The summed E-state index contributed by atoms with van der Waals surface area (Å²) in [4.78, 5) is 12.1. The van der Waals surface area contributed by atoms with Gasteiger partial charge in [-0.05, 0) is 31.9 Å². The van der Waals surface area contributed by atoms with Crippen LogP contribution < -0.4 is 0 Å². The molecule has 1 aliphatic rings. The van der Waals surface area contributed by atoms with Crippen LogP contribution in [0.5, 0.6) is 0 Å². The first-order valence-corrected chi connectivity index (χ1v) is 7.00. The molecule has 1 heterocycles. The Labute approximate surface area is 125 Å². The molecule has 4 heteroatoms. The van der Waals surface area contributed by atoms with Gasteiger partial charge in [0.1, 0.15) is 0 Å². The van der Waals surface area contributed by atoms with E-state index in [9.17, 15) is 4.79 Å². The number of carbonyl (C=O) groups excluding carboxylic acids is 1. The minimum Gasteiger partial charge on any atom is -0.467 e. The molecular formula is C17H22O4. The molecule has 0 bridgehead atoms. The van der Waals surface area contributed by atoms with Gasteiger partial charge in [-0.15, -0.1) is 6.58 Å². The van der Waals surface area contributed by atoms with E-state index in [-0.39, 0.29) is 6.61 Å². The maximum atomic E-state index is 12.1. The molecule has 0 radical (unpaired) electrons. The van der Waals surface area contributed by atoms with Crippen LogP contribution in [0.2, 0.25) is 0 Å². The average Bonchev–Trinajstić information content (AvgIpc) is 2.82. The Morgan fingerprint density at radius 3 is 2.57 bits per heavy atom. The number of carbonyl (C=O) groups is 1. The molecule has 0 amide bonds. The monoisotopic (exact) mass is 290 g/mol. The van der Waals surface area contributed by atoms with Crippen molar-refractivity contribution in [2.75, 3.05) is 13.7 Å². The van der Waals surface area contributed by atoms with Gasteiger partial charge in [0.2, 0.25) is 0 Å². The number of esters is 1. The summed E-state index contributed by atoms with van der Waals surface area (Å²) in [7, 11) is 1.35. The Hall–Kier alpha value is -1.65. The smallest absolute Gasteiger partial charge is 0.341 e. The minimum atomic E-state index is -1.09. The van der Waals surface area contributed by atoms with Gasteiger partial charge in [-0.2, -0.15) is 0 Å².